The molecule has 0 radical (unpaired) electrons. The predicted molar refractivity (Wildman–Crippen MR) is 52.5 cm³/mol. The molecule has 1 aromatic heterocycles. The fraction of sp³-hybridized carbons (Fsp3) is 0.444. The number of nitrogens with zero attached hydrogens (tertiary/aromatic N) is 1. The number of pyridine rings is 1. The van der Waals surface area contributed by atoms with Crippen LogP contribution in [0.4, 0.5) is 8.78 Å². The summed E-state index contributed by atoms with van der Waals surface area (Å²) >= 11 is 3.15. The number of hydrogen-bond donors (Lipinski definition) is 1. The minimum absolute atomic E-state index is 0.0726. The summed E-state index contributed by atoms with van der Waals surface area (Å²) in [6.45, 7) is 1.45. The van der Waals surface area contributed by atoms with E-state index in [9.17, 15) is 8.78 Å². The van der Waals surface area contributed by atoms with Gasteiger partial charge >= 0.3 is 0 Å². The first-order valence-corrected chi connectivity index (χ1v) is 5.16. The van der Waals surface area contributed by atoms with E-state index >= 15 is 0 Å². The molecule has 0 fully saturated rings. The van der Waals surface area contributed by atoms with Gasteiger partial charge in [-0.2, -0.15) is 0 Å². The zero-order valence-electron chi connectivity index (χ0n) is 7.60. The highest BCUT2D eigenvalue weighted by Crippen LogP contribution is 2.27. The molecule has 1 rings (SSSR count). The van der Waals surface area contributed by atoms with Gasteiger partial charge < -0.3 is 5.11 Å². The Morgan fingerprint density at radius 2 is 2.21 bits per heavy atom. The van der Waals surface area contributed by atoms with Gasteiger partial charge in [0.15, 0.2) is 0 Å². The van der Waals surface area contributed by atoms with Crippen LogP contribution in [0.3, 0.4) is 0 Å². The first-order valence-electron chi connectivity index (χ1n) is 4.04. The second kappa shape index (κ2) is 4.79. The van der Waals surface area contributed by atoms with Crippen LogP contribution in [0, 0.1) is 6.92 Å². The standard InChI is InChI=1S/C9H10BrF2NO/c1-5-6(2-10)7(9(11)12)3-13-8(5)4-14/h3,9,14H,2,4H2,1H3. The lowest BCUT2D eigenvalue weighted by Gasteiger charge is -2.11. The van der Waals surface area contributed by atoms with Crippen molar-refractivity contribution in [3.8, 4) is 0 Å². The second-order valence-electron chi connectivity index (χ2n) is 2.86. The molecule has 0 aliphatic rings. The fourth-order valence-electron chi connectivity index (χ4n) is 1.24. The maximum atomic E-state index is 12.5. The van der Waals surface area contributed by atoms with Crippen LogP contribution < -0.4 is 0 Å². The maximum Gasteiger partial charge on any atom is 0.265 e. The van der Waals surface area contributed by atoms with Gasteiger partial charge in [0.05, 0.1) is 12.3 Å². The number of halogens is 3. The number of aliphatic hydroxyl groups excluding tert-OH is 1. The van der Waals surface area contributed by atoms with Crippen LogP contribution in [0.2, 0.25) is 0 Å². The van der Waals surface area contributed by atoms with Crippen LogP contribution in [-0.2, 0) is 11.9 Å². The van der Waals surface area contributed by atoms with Gasteiger partial charge in [0.1, 0.15) is 0 Å². The topological polar surface area (TPSA) is 33.1 Å². The van der Waals surface area contributed by atoms with Crippen LogP contribution in [0.5, 0.6) is 0 Å². The molecular formula is C9H10BrF2NO. The molecule has 0 atom stereocenters. The highest BCUT2D eigenvalue weighted by molar-refractivity contribution is 9.08. The zero-order valence-corrected chi connectivity index (χ0v) is 9.18. The van der Waals surface area contributed by atoms with E-state index in [1.165, 1.54) is 0 Å². The smallest absolute Gasteiger partial charge is 0.265 e. The van der Waals surface area contributed by atoms with Crippen molar-refractivity contribution in [2.45, 2.75) is 25.3 Å². The fourth-order valence-corrected chi connectivity index (χ4v) is 1.98. The summed E-state index contributed by atoms with van der Waals surface area (Å²) in [7, 11) is 0. The minimum atomic E-state index is -2.53. The Morgan fingerprint density at radius 1 is 1.57 bits per heavy atom. The highest BCUT2D eigenvalue weighted by atomic mass is 79.9. The van der Waals surface area contributed by atoms with Gasteiger partial charge in [-0.25, -0.2) is 8.78 Å². The van der Waals surface area contributed by atoms with Crippen LogP contribution >= 0.6 is 15.9 Å². The van der Waals surface area contributed by atoms with E-state index in [-0.39, 0.29) is 12.2 Å². The summed E-state index contributed by atoms with van der Waals surface area (Å²) in [6.07, 6.45) is -1.40. The van der Waals surface area contributed by atoms with Gasteiger partial charge in [0, 0.05) is 17.1 Å². The molecule has 0 aliphatic carbocycles. The molecule has 0 unspecified atom stereocenters. The summed E-state index contributed by atoms with van der Waals surface area (Å²) in [5.74, 6) is 0. The van der Waals surface area contributed by atoms with Crippen LogP contribution in [-0.4, -0.2) is 10.1 Å². The van der Waals surface area contributed by atoms with Crippen molar-refractivity contribution in [2.24, 2.45) is 0 Å². The summed E-state index contributed by atoms with van der Waals surface area (Å²) in [5, 5.41) is 9.24. The molecule has 0 aromatic carbocycles. The molecule has 14 heavy (non-hydrogen) atoms. The summed E-state index contributed by atoms with van der Waals surface area (Å²) in [5.41, 5.74) is 1.52. The van der Waals surface area contributed by atoms with E-state index in [0.29, 0.717) is 22.2 Å². The third kappa shape index (κ3) is 2.09. The van der Waals surface area contributed by atoms with Crippen molar-refractivity contribution >= 4 is 15.9 Å². The number of aliphatic hydroxyl groups is 1. The molecule has 0 amide bonds. The molecular weight excluding hydrogens is 256 g/mol. The summed E-state index contributed by atoms with van der Waals surface area (Å²) < 4.78 is 25.0. The van der Waals surface area contributed by atoms with E-state index in [2.05, 4.69) is 20.9 Å². The molecule has 2 nitrogen and oxygen atoms in total. The lowest BCUT2D eigenvalue weighted by Crippen LogP contribution is -2.03. The largest absolute Gasteiger partial charge is 0.390 e. The van der Waals surface area contributed by atoms with Gasteiger partial charge in [-0.05, 0) is 18.1 Å². The molecule has 0 spiro atoms. The predicted octanol–water partition coefficient (Wildman–Crippen LogP) is 2.71. The van der Waals surface area contributed by atoms with Gasteiger partial charge in [0.2, 0.25) is 0 Å². The quantitative estimate of drug-likeness (QED) is 0.853. The van der Waals surface area contributed by atoms with Crippen LogP contribution in [0.1, 0.15) is 28.8 Å². The molecule has 1 heterocycles. The lowest BCUT2D eigenvalue weighted by molar-refractivity contribution is 0.149. The number of hydrogen-bond acceptors (Lipinski definition) is 2. The molecule has 0 saturated carbocycles. The Hall–Kier alpha value is -0.550. The van der Waals surface area contributed by atoms with Gasteiger partial charge in [-0.3, -0.25) is 4.98 Å². The van der Waals surface area contributed by atoms with Crippen molar-refractivity contribution < 1.29 is 13.9 Å². The summed E-state index contributed by atoms with van der Waals surface area (Å²) in [4.78, 5) is 3.78. The first-order chi connectivity index (χ1) is 6.61. The molecule has 0 bridgehead atoms. The SMILES string of the molecule is Cc1c(CO)ncc(C(F)F)c1CBr. The van der Waals surface area contributed by atoms with E-state index in [1.807, 2.05) is 0 Å². The Kier molecular flexibility index (Phi) is 3.95. The molecule has 1 N–H and O–H groups in total. The first kappa shape index (κ1) is 11.5. The Bertz CT molecular complexity index is 331. The van der Waals surface area contributed by atoms with Crippen molar-refractivity contribution in [3.63, 3.8) is 0 Å². The zero-order chi connectivity index (χ0) is 10.7. The lowest BCUT2D eigenvalue weighted by atomic mass is 10.0. The molecule has 5 heteroatoms. The third-order valence-corrected chi connectivity index (χ3v) is 2.67. The molecule has 78 valence electrons. The monoisotopic (exact) mass is 265 g/mol. The number of aromatic nitrogens is 1. The average Bonchev–Trinajstić information content (AvgIpc) is 2.17. The van der Waals surface area contributed by atoms with Crippen molar-refractivity contribution in [1.29, 1.82) is 0 Å². The minimum Gasteiger partial charge on any atom is -0.390 e. The van der Waals surface area contributed by atoms with Crippen LogP contribution in [0.15, 0.2) is 6.20 Å². The van der Waals surface area contributed by atoms with Gasteiger partial charge in [0.25, 0.3) is 6.43 Å². The maximum absolute atomic E-state index is 12.5. The molecule has 0 aliphatic heterocycles. The van der Waals surface area contributed by atoms with Gasteiger partial charge in [-0.1, -0.05) is 15.9 Å². The normalized spacial score (nSPS) is 11.0. The molecule has 1 aromatic rings. The Morgan fingerprint density at radius 3 is 2.64 bits per heavy atom. The van der Waals surface area contributed by atoms with E-state index in [4.69, 9.17) is 5.11 Å². The highest BCUT2D eigenvalue weighted by Gasteiger charge is 2.16. The number of alkyl halides is 3. The van der Waals surface area contributed by atoms with Crippen molar-refractivity contribution in [3.05, 3.63) is 28.6 Å². The Balaban J connectivity index is 3.28. The third-order valence-electron chi connectivity index (χ3n) is 2.11. The van der Waals surface area contributed by atoms with E-state index < -0.39 is 6.43 Å². The molecule has 0 saturated heterocycles. The Labute approximate surface area is 89.1 Å². The van der Waals surface area contributed by atoms with E-state index in [0.717, 1.165) is 6.20 Å². The van der Waals surface area contributed by atoms with E-state index in [1.54, 1.807) is 6.92 Å². The second-order valence-corrected chi connectivity index (χ2v) is 3.42. The average molecular weight is 266 g/mol. The van der Waals surface area contributed by atoms with Crippen LogP contribution in [0.25, 0.3) is 0 Å². The summed E-state index contributed by atoms with van der Waals surface area (Å²) in [6, 6.07) is 0. The van der Waals surface area contributed by atoms with Crippen molar-refractivity contribution in [2.75, 3.05) is 0 Å². The van der Waals surface area contributed by atoms with Gasteiger partial charge in [-0.15, -0.1) is 0 Å². The number of rotatable bonds is 3. The van der Waals surface area contributed by atoms with Crippen molar-refractivity contribution in [1.82, 2.24) is 4.98 Å².